The van der Waals surface area contributed by atoms with E-state index in [0.717, 1.165) is 18.9 Å². The average Bonchev–Trinajstić information content (AvgIpc) is 3.30. The molecule has 1 saturated heterocycles. The molecule has 0 aliphatic carbocycles. The molecule has 1 fully saturated rings. The van der Waals surface area contributed by atoms with Crippen LogP contribution in [0.1, 0.15) is 55.0 Å². The Kier molecular flexibility index (Phi) is 6.57. The maximum atomic E-state index is 14.1. The van der Waals surface area contributed by atoms with Crippen LogP contribution in [0.25, 0.3) is 11.4 Å². The first-order valence-corrected chi connectivity index (χ1v) is 12.1. The van der Waals surface area contributed by atoms with Crippen LogP contribution in [0.5, 0.6) is 5.75 Å². The summed E-state index contributed by atoms with van der Waals surface area (Å²) >= 11 is 0. The molecule has 3 aromatic rings. The summed E-state index contributed by atoms with van der Waals surface area (Å²) in [5.74, 6) is -1.23. The first-order valence-electron chi connectivity index (χ1n) is 12.1. The Morgan fingerprint density at radius 2 is 2.08 bits per heavy atom. The number of aromatic nitrogens is 4. The molecule has 11 heteroatoms. The Labute approximate surface area is 206 Å². The minimum Gasteiger partial charge on any atom is -0.487 e. The van der Waals surface area contributed by atoms with E-state index >= 15 is 0 Å². The molecule has 1 N–H and O–H groups in total. The van der Waals surface area contributed by atoms with Gasteiger partial charge in [-0.3, -0.25) is 9.59 Å². The van der Waals surface area contributed by atoms with E-state index < -0.39 is 23.3 Å². The van der Waals surface area contributed by atoms with Crippen LogP contribution >= 0.6 is 0 Å². The van der Waals surface area contributed by atoms with Gasteiger partial charge in [-0.05, 0) is 31.4 Å². The van der Waals surface area contributed by atoms with E-state index in [1.54, 1.807) is 15.7 Å². The molecule has 0 unspecified atom stereocenters. The molecule has 2 aliphatic rings. The van der Waals surface area contributed by atoms with Gasteiger partial charge < -0.3 is 23.9 Å². The second-order valence-corrected chi connectivity index (χ2v) is 9.11. The monoisotopic (exact) mass is 499 g/mol. The van der Waals surface area contributed by atoms with Crippen molar-refractivity contribution in [1.82, 2.24) is 24.6 Å². The Morgan fingerprint density at radius 1 is 1.25 bits per heavy atom. The molecule has 5 rings (SSSR count). The van der Waals surface area contributed by atoms with E-state index in [2.05, 4.69) is 15.2 Å². The average molecular weight is 500 g/mol. The highest BCUT2D eigenvalue weighted by molar-refractivity contribution is 5.96. The van der Waals surface area contributed by atoms with Crippen LogP contribution in [0, 0.1) is 11.6 Å². The number of rotatable bonds is 7. The van der Waals surface area contributed by atoms with Crippen LogP contribution in [0.3, 0.4) is 0 Å². The zero-order chi connectivity index (χ0) is 25.4. The maximum absolute atomic E-state index is 14.1. The van der Waals surface area contributed by atoms with E-state index in [-0.39, 0.29) is 53.4 Å². The fraction of sp³-hybridized carbons (Fsp3) is 0.440. The number of nitrogens with zero attached hydrogens (tertiary/aromatic N) is 4. The lowest BCUT2D eigenvalue weighted by Gasteiger charge is -2.44. The van der Waals surface area contributed by atoms with Crippen LogP contribution < -0.4 is 10.2 Å². The Balaban J connectivity index is 1.54. The van der Waals surface area contributed by atoms with Crippen molar-refractivity contribution in [3.63, 3.8) is 0 Å². The van der Waals surface area contributed by atoms with Crippen molar-refractivity contribution in [2.24, 2.45) is 0 Å². The molecule has 2 aliphatic heterocycles. The number of carbonyl (C=O) groups excluding carboxylic acids is 1. The SMILES string of the molecule is CCCCOc1c2n(cc(-c3nnc(Cc4ccc(F)cc4F)[nH]3)c1=O)C[C@@H]1OCC[C@@H](C)N1C2=O. The lowest BCUT2D eigenvalue weighted by Crippen LogP contribution is -2.57. The van der Waals surface area contributed by atoms with Gasteiger partial charge in [0, 0.05) is 24.7 Å². The standard InChI is InChI=1S/C25H27F2N5O4/c1-3-4-8-36-23-21-25(34)32-14(2)7-9-35-20(32)13-31(21)12-17(22(23)33)24-28-19(29-30-24)10-15-5-6-16(26)11-18(15)27/h5-6,11-12,14,20H,3-4,7-10,13H2,1-2H3,(H,28,29,30)/t14-,20+/m1/s1. The van der Waals surface area contributed by atoms with Gasteiger partial charge >= 0.3 is 0 Å². The molecule has 1 aromatic carbocycles. The van der Waals surface area contributed by atoms with E-state index in [0.29, 0.717) is 25.4 Å². The van der Waals surface area contributed by atoms with Crippen molar-refractivity contribution >= 4 is 5.91 Å². The number of hydrogen-bond donors (Lipinski definition) is 1. The second-order valence-electron chi connectivity index (χ2n) is 9.11. The summed E-state index contributed by atoms with van der Waals surface area (Å²) < 4.78 is 40.8. The smallest absolute Gasteiger partial charge is 0.276 e. The molecule has 2 aromatic heterocycles. The van der Waals surface area contributed by atoms with Crippen molar-refractivity contribution in [3.8, 4) is 17.1 Å². The molecule has 4 heterocycles. The number of H-pyrrole nitrogens is 1. The number of hydrogen-bond acceptors (Lipinski definition) is 6. The third kappa shape index (κ3) is 4.39. The molecule has 0 radical (unpaired) electrons. The van der Waals surface area contributed by atoms with Crippen LogP contribution in [0.15, 0.2) is 29.2 Å². The molecule has 1 amide bonds. The number of fused-ring (bicyclic) bond motifs is 2. The van der Waals surface area contributed by atoms with Gasteiger partial charge in [0.2, 0.25) is 5.43 Å². The number of ether oxygens (including phenoxy) is 2. The van der Waals surface area contributed by atoms with Gasteiger partial charge in [-0.25, -0.2) is 8.78 Å². The van der Waals surface area contributed by atoms with Gasteiger partial charge in [0.05, 0.1) is 25.3 Å². The maximum Gasteiger partial charge on any atom is 0.276 e. The Hall–Kier alpha value is -3.60. The van der Waals surface area contributed by atoms with E-state index in [1.807, 2.05) is 13.8 Å². The van der Waals surface area contributed by atoms with Gasteiger partial charge in [0.1, 0.15) is 17.5 Å². The van der Waals surface area contributed by atoms with E-state index in [9.17, 15) is 18.4 Å². The van der Waals surface area contributed by atoms with Gasteiger partial charge in [-0.1, -0.05) is 19.4 Å². The second kappa shape index (κ2) is 9.81. The summed E-state index contributed by atoms with van der Waals surface area (Å²) in [5, 5.41) is 8.14. The molecular weight excluding hydrogens is 472 g/mol. The van der Waals surface area contributed by atoms with E-state index in [1.165, 1.54) is 12.1 Å². The zero-order valence-corrected chi connectivity index (χ0v) is 20.1. The molecule has 9 nitrogen and oxygen atoms in total. The summed E-state index contributed by atoms with van der Waals surface area (Å²) in [4.78, 5) is 31.7. The topological polar surface area (TPSA) is 102 Å². The highest BCUT2D eigenvalue weighted by atomic mass is 19.1. The molecule has 190 valence electrons. The lowest BCUT2D eigenvalue weighted by molar-refractivity contribution is -0.112. The summed E-state index contributed by atoms with van der Waals surface area (Å²) in [5.41, 5.74) is 0.125. The first kappa shape index (κ1) is 24.1. The highest BCUT2D eigenvalue weighted by Gasteiger charge is 2.41. The van der Waals surface area contributed by atoms with Crippen molar-refractivity contribution in [1.29, 1.82) is 0 Å². The first-order chi connectivity index (χ1) is 17.4. The number of carbonyl (C=O) groups is 1. The summed E-state index contributed by atoms with van der Waals surface area (Å²) in [6.45, 7) is 5.14. The van der Waals surface area contributed by atoms with Crippen molar-refractivity contribution < 1.29 is 23.0 Å². The van der Waals surface area contributed by atoms with Gasteiger partial charge in [-0.2, -0.15) is 0 Å². The largest absolute Gasteiger partial charge is 0.487 e. The summed E-state index contributed by atoms with van der Waals surface area (Å²) in [7, 11) is 0. The minimum absolute atomic E-state index is 0.0213. The predicted octanol–water partition coefficient (Wildman–Crippen LogP) is 3.27. The molecule has 0 bridgehead atoms. The normalized spacial score (nSPS) is 19.2. The molecule has 2 atom stereocenters. The number of benzene rings is 1. The number of aromatic amines is 1. The predicted molar refractivity (Wildman–Crippen MR) is 126 cm³/mol. The van der Waals surface area contributed by atoms with E-state index in [4.69, 9.17) is 9.47 Å². The molecule has 0 saturated carbocycles. The van der Waals surface area contributed by atoms with Crippen molar-refractivity contribution in [3.05, 3.63) is 63.3 Å². The van der Waals surface area contributed by atoms with Crippen LogP contribution in [-0.4, -0.2) is 56.0 Å². The molecule has 36 heavy (non-hydrogen) atoms. The number of nitrogens with one attached hydrogen (secondary N) is 1. The Bertz CT molecular complexity index is 1350. The summed E-state index contributed by atoms with van der Waals surface area (Å²) in [6.07, 6.45) is 3.45. The number of pyridine rings is 1. The Morgan fingerprint density at radius 3 is 2.86 bits per heavy atom. The third-order valence-electron chi connectivity index (χ3n) is 6.56. The molecule has 0 spiro atoms. The number of unbranched alkanes of at least 4 members (excludes halogenated alkanes) is 1. The number of amides is 1. The highest BCUT2D eigenvalue weighted by Crippen LogP contribution is 2.31. The third-order valence-corrected chi connectivity index (χ3v) is 6.56. The fourth-order valence-corrected chi connectivity index (χ4v) is 4.61. The van der Waals surface area contributed by atoms with Crippen molar-refractivity contribution in [2.45, 2.75) is 58.3 Å². The van der Waals surface area contributed by atoms with Crippen molar-refractivity contribution in [2.75, 3.05) is 13.2 Å². The quantitative estimate of drug-likeness (QED) is 0.501. The van der Waals surface area contributed by atoms with Gasteiger partial charge in [0.15, 0.2) is 23.5 Å². The van der Waals surface area contributed by atoms with Gasteiger partial charge in [0.25, 0.3) is 5.91 Å². The van der Waals surface area contributed by atoms with Crippen LogP contribution in [-0.2, 0) is 17.7 Å². The molecular formula is C25H27F2N5O4. The van der Waals surface area contributed by atoms with Crippen LogP contribution in [0.4, 0.5) is 8.78 Å². The fourth-order valence-electron chi connectivity index (χ4n) is 4.61. The number of halogens is 2. The van der Waals surface area contributed by atoms with Gasteiger partial charge in [-0.15, -0.1) is 10.2 Å². The van der Waals surface area contributed by atoms with Crippen LogP contribution in [0.2, 0.25) is 0 Å². The minimum atomic E-state index is -0.696. The zero-order valence-electron chi connectivity index (χ0n) is 20.1. The lowest BCUT2D eigenvalue weighted by atomic mass is 10.1. The summed E-state index contributed by atoms with van der Waals surface area (Å²) in [6, 6.07) is 3.28.